The number of aryl methyl sites for hydroxylation is 1. The number of benzene rings is 2. The van der Waals surface area contributed by atoms with Gasteiger partial charge in [0.1, 0.15) is 5.75 Å². The van der Waals surface area contributed by atoms with Crippen molar-refractivity contribution in [2.75, 3.05) is 5.32 Å². The maximum absolute atomic E-state index is 12.0. The number of phenols is 1. The number of rotatable bonds is 3. The van der Waals surface area contributed by atoms with Crippen molar-refractivity contribution in [3.63, 3.8) is 0 Å². The fourth-order valence-corrected chi connectivity index (χ4v) is 1.79. The standard InChI is InChI=1S/C15H13NO4/c1-9-8-10(15(19)20)6-7-12(9)16-14(18)11-4-2-3-5-13(11)17/h2-8,17H,1H3,(H,16,18)(H,19,20). The molecule has 0 fully saturated rings. The van der Waals surface area contributed by atoms with Crippen molar-refractivity contribution in [1.82, 2.24) is 0 Å². The molecule has 0 atom stereocenters. The van der Waals surface area contributed by atoms with Gasteiger partial charge >= 0.3 is 5.97 Å². The van der Waals surface area contributed by atoms with Gasteiger partial charge in [0.15, 0.2) is 0 Å². The second kappa shape index (κ2) is 5.44. The highest BCUT2D eigenvalue weighted by molar-refractivity contribution is 6.06. The minimum Gasteiger partial charge on any atom is -0.507 e. The number of carboxylic acid groups (broad SMARTS) is 1. The normalized spacial score (nSPS) is 10.1. The van der Waals surface area contributed by atoms with Crippen molar-refractivity contribution in [2.45, 2.75) is 6.92 Å². The topological polar surface area (TPSA) is 86.6 Å². The molecule has 0 aliphatic rings. The number of carbonyl (C=O) groups excluding carboxylic acids is 1. The molecule has 20 heavy (non-hydrogen) atoms. The number of nitrogens with one attached hydrogen (secondary N) is 1. The molecule has 0 aromatic heterocycles. The molecule has 0 bridgehead atoms. The molecule has 0 aliphatic carbocycles. The lowest BCUT2D eigenvalue weighted by Gasteiger charge is -2.10. The predicted octanol–water partition coefficient (Wildman–Crippen LogP) is 2.65. The molecule has 0 aliphatic heterocycles. The lowest BCUT2D eigenvalue weighted by molar-refractivity contribution is 0.0696. The molecule has 5 heteroatoms. The molecule has 2 rings (SSSR count). The minimum atomic E-state index is -1.02. The fraction of sp³-hybridized carbons (Fsp3) is 0.0667. The van der Waals surface area contributed by atoms with Crippen molar-refractivity contribution < 1.29 is 19.8 Å². The molecular weight excluding hydrogens is 258 g/mol. The van der Waals surface area contributed by atoms with E-state index in [4.69, 9.17) is 5.11 Å². The van der Waals surface area contributed by atoms with Crippen LogP contribution >= 0.6 is 0 Å². The number of anilines is 1. The van der Waals surface area contributed by atoms with Crippen LogP contribution in [0.3, 0.4) is 0 Å². The van der Waals surface area contributed by atoms with Gasteiger partial charge in [-0.25, -0.2) is 4.79 Å². The van der Waals surface area contributed by atoms with Crippen LogP contribution in [0.2, 0.25) is 0 Å². The number of carbonyl (C=O) groups is 2. The zero-order chi connectivity index (χ0) is 14.7. The molecular formula is C15H13NO4. The molecule has 2 aromatic rings. The van der Waals surface area contributed by atoms with E-state index in [1.165, 1.54) is 30.3 Å². The van der Waals surface area contributed by atoms with Gasteiger partial charge in [-0.1, -0.05) is 12.1 Å². The first-order valence-electron chi connectivity index (χ1n) is 5.92. The number of aromatic carboxylic acids is 1. The smallest absolute Gasteiger partial charge is 0.335 e. The Hall–Kier alpha value is -2.82. The second-order valence-electron chi connectivity index (χ2n) is 4.31. The zero-order valence-electron chi connectivity index (χ0n) is 10.8. The first-order chi connectivity index (χ1) is 9.49. The van der Waals surface area contributed by atoms with Crippen LogP contribution in [-0.4, -0.2) is 22.1 Å². The minimum absolute atomic E-state index is 0.107. The Morgan fingerprint density at radius 2 is 1.80 bits per heavy atom. The van der Waals surface area contributed by atoms with E-state index in [0.717, 1.165) is 0 Å². The van der Waals surface area contributed by atoms with Crippen LogP contribution in [0.1, 0.15) is 26.3 Å². The summed E-state index contributed by atoms with van der Waals surface area (Å²) in [6.07, 6.45) is 0. The quantitative estimate of drug-likeness (QED) is 0.801. The number of para-hydroxylation sites is 1. The Labute approximate surface area is 115 Å². The summed E-state index contributed by atoms with van der Waals surface area (Å²) in [5.41, 5.74) is 1.45. The summed E-state index contributed by atoms with van der Waals surface area (Å²) in [4.78, 5) is 22.9. The summed E-state index contributed by atoms with van der Waals surface area (Å²) in [5, 5.41) is 21.1. The van der Waals surface area contributed by atoms with E-state index in [-0.39, 0.29) is 16.9 Å². The van der Waals surface area contributed by atoms with Gasteiger partial charge in [-0.15, -0.1) is 0 Å². The highest BCUT2D eigenvalue weighted by Crippen LogP contribution is 2.20. The lowest BCUT2D eigenvalue weighted by atomic mass is 10.1. The molecule has 2 aromatic carbocycles. The van der Waals surface area contributed by atoms with Gasteiger partial charge in [-0.2, -0.15) is 0 Å². The fourth-order valence-electron chi connectivity index (χ4n) is 1.79. The van der Waals surface area contributed by atoms with Gasteiger partial charge in [0, 0.05) is 5.69 Å². The molecule has 1 amide bonds. The summed E-state index contributed by atoms with van der Waals surface area (Å²) < 4.78 is 0. The summed E-state index contributed by atoms with van der Waals surface area (Å²) in [5.74, 6) is -1.58. The maximum Gasteiger partial charge on any atom is 0.335 e. The monoisotopic (exact) mass is 271 g/mol. The van der Waals surface area contributed by atoms with Crippen molar-refractivity contribution in [3.05, 3.63) is 59.2 Å². The number of amides is 1. The zero-order valence-corrected chi connectivity index (χ0v) is 10.8. The average Bonchev–Trinajstić information content (AvgIpc) is 2.41. The van der Waals surface area contributed by atoms with E-state index in [9.17, 15) is 14.7 Å². The highest BCUT2D eigenvalue weighted by Gasteiger charge is 2.12. The Morgan fingerprint density at radius 3 is 2.40 bits per heavy atom. The first-order valence-corrected chi connectivity index (χ1v) is 5.92. The molecule has 3 N–H and O–H groups in total. The highest BCUT2D eigenvalue weighted by atomic mass is 16.4. The molecule has 0 spiro atoms. The van der Waals surface area contributed by atoms with Crippen LogP contribution in [0.5, 0.6) is 5.75 Å². The van der Waals surface area contributed by atoms with Crippen LogP contribution in [-0.2, 0) is 0 Å². The third kappa shape index (κ3) is 2.77. The number of hydrogen-bond donors (Lipinski definition) is 3. The van der Waals surface area contributed by atoms with Crippen LogP contribution in [0.25, 0.3) is 0 Å². The van der Waals surface area contributed by atoms with E-state index >= 15 is 0 Å². The Morgan fingerprint density at radius 1 is 1.10 bits per heavy atom. The number of aromatic hydroxyl groups is 1. The largest absolute Gasteiger partial charge is 0.507 e. The van der Waals surface area contributed by atoms with E-state index in [1.54, 1.807) is 19.1 Å². The van der Waals surface area contributed by atoms with Gasteiger partial charge in [0.25, 0.3) is 5.91 Å². The van der Waals surface area contributed by atoms with Crippen LogP contribution in [0.15, 0.2) is 42.5 Å². The Kier molecular flexibility index (Phi) is 3.70. The average molecular weight is 271 g/mol. The van der Waals surface area contributed by atoms with Gasteiger partial charge in [-0.05, 0) is 42.8 Å². The summed E-state index contributed by atoms with van der Waals surface area (Å²) in [6, 6.07) is 10.6. The predicted molar refractivity (Wildman–Crippen MR) is 74.2 cm³/mol. The third-order valence-electron chi connectivity index (χ3n) is 2.87. The van der Waals surface area contributed by atoms with Crippen LogP contribution in [0.4, 0.5) is 5.69 Å². The Balaban J connectivity index is 2.25. The van der Waals surface area contributed by atoms with Gasteiger partial charge < -0.3 is 15.5 Å². The molecule has 102 valence electrons. The molecule has 0 saturated carbocycles. The van der Waals surface area contributed by atoms with E-state index in [2.05, 4.69) is 5.32 Å². The van der Waals surface area contributed by atoms with Crippen LogP contribution in [0, 0.1) is 6.92 Å². The van der Waals surface area contributed by atoms with Crippen molar-refractivity contribution >= 4 is 17.6 Å². The number of hydrogen-bond acceptors (Lipinski definition) is 3. The number of phenolic OH excluding ortho intramolecular Hbond substituents is 1. The van der Waals surface area contributed by atoms with Crippen molar-refractivity contribution in [3.8, 4) is 5.75 Å². The van der Waals surface area contributed by atoms with E-state index in [1.807, 2.05) is 0 Å². The summed E-state index contributed by atoms with van der Waals surface area (Å²) in [7, 11) is 0. The molecule has 0 heterocycles. The lowest BCUT2D eigenvalue weighted by Crippen LogP contribution is -2.13. The van der Waals surface area contributed by atoms with Gasteiger partial charge in [-0.3, -0.25) is 4.79 Å². The summed E-state index contributed by atoms with van der Waals surface area (Å²) in [6.45, 7) is 1.70. The second-order valence-corrected chi connectivity index (χ2v) is 4.31. The summed E-state index contributed by atoms with van der Waals surface area (Å²) >= 11 is 0. The molecule has 0 saturated heterocycles. The van der Waals surface area contributed by atoms with Crippen molar-refractivity contribution in [1.29, 1.82) is 0 Å². The van der Waals surface area contributed by atoms with Gasteiger partial charge in [0.05, 0.1) is 11.1 Å². The van der Waals surface area contributed by atoms with Crippen LogP contribution < -0.4 is 5.32 Å². The van der Waals surface area contributed by atoms with Crippen molar-refractivity contribution in [2.24, 2.45) is 0 Å². The maximum atomic E-state index is 12.0. The molecule has 0 unspecified atom stereocenters. The Bertz CT molecular complexity index is 679. The SMILES string of the molecule is Cc1cc(C(=O)O)ccc1NC(=O)c1ccccc1O. The molecule has 0 radical (unpaired) electrons. The van der Waals surface area contributed by atoms with Gasteiger partial charge in [0.2, 0.25) is 0 Å². The number of carboxylic acids is 1. The third-order valence-corrected chi connectivity index (χ3v) is 2.87. The first kappa shape index (κ1) is 13.6. The molecule has 5 nitrogen and oxygen atoms in total. The van der Waals surface area contributed by atoms with E-state index in [0.29, 0.717) is 11.3 Å². The van der Waals surface area contributed by atoms with E-state index < -0.39 is 11.9 Å².